The fourth-order valence-corrected chi connectivity index (χ4v) is 3.39. The Balaban J connectivity index is 1.88. The van der Waals surface area contributed by atoms with E-state index in [4.69, 9.17) is 4.74 Å². The Morgan fingerprint density at radius 1 is 1.46 bits per heavy atom. The van der Waals surface area contributed by atoms with E-state index < -0.39 is 5.60 Å². The molecule has 0 unspecified atom stereocenters. The van der Waals surface area contributed by atoms with Crippen molar-refractivity contribution in [2.24, 2.45) is 0 Å². The van der Waals surface area contributed by atoms with Gasteiger partial charge in [-0.1, -0.05) is 6.92 Å². The number of carbonyl (C=O) groups is 2. The van der Waals surface area contributed by atoms with E-state index >= 15 is 0 Å². The zero-order chi connectivity index (χ0) is 17.9. The molecule has 1 aromatic rings. The molecule has 6 nitrogen and oxygen atoms in total. The maximum atomic E-state index is 12.3. The Bertz CT molecular complexity index is 594. The quantitative estimate of drug-likeness (QED) is 0.906. The summed E-state index contributed by atoms with van der Waals surface area (Å²) in [4.78, 5) is 27.3. The summed E-state index contributed by atoms with van der Waals surface area (Å²) in [6.45, 7) is 10.2. The molecular weight excluding hydrogens is 326 g/mol. The third-order valence-corrected chi connectivity index (χ3v) is 4.91. The smallest absolute Gasteiger partial charge is 0.410 e. The fourth-order valence-electron chi connectivity index (χ4n) is 2.74. The van der Waals surface area contributed by atoms with Crippen molar-refractivity contribution in [3.8, 4) is 0 Å². The van der Waals surface area contributed by atoms with Crippen LogP contribution in [-0.2, 0) is 11.2 Å². The minimum Gasteiger partial charge on any atom is -0.444 e. The van der Waals surface area contributed by atoms with Crippen molar-refractivity contribution < 1.29 is 14.3 Å². The first-order valence-corrected chi connectivity index (χ1v) is 9.23. The Kier molecular flexibility index (Phi) is 5.85. The molecular formula is C17H27N3O3S. The van der Waals surface area contributed by atoms with E-state index in [0.717, 1.165) is 24.1 Å². The Labute approximate surface area is 147 Å². The van der Waals surface area contributed by atoms with Crippen molar-refractivity contribution >= 4 is 23.5 Å². The molecule has 24 heavy (non-hydrogen) atoms. The molecule has 1 fully saturated rings. The second-order valence-corrected chi connectivity index (χ2v) is 8.14. The van der Waals surface area contributed by atoms with Crippen LogP contribution >= 0.6 is 11.5 Å². The molecule has 1 aromatic heterocycles. The van der Waals surface area contributed by atoms with Gasteiger partial charge in [0, 0.05) is 23.5 Å². The molecule has 0 radical (unpaired) electrons. The first-order valence-electron chi connectivity index (χ1n) is 8.45. The topological polar surface area (TPSA) is 71.5 Å². The van der Waals surface area contributed by atoms with Gasteiger partial charge in [0.15, 0.2) is 0 Å². The van der Waals surface area contributed by atoms with Gasteiger partial charge in [0.05, 0.1) is 0 Å². The van der Waals surface area contributed by atoms with Gasteiger partial charge in [-0.3, -0.25) is 4.79 Å². The maximum Gasteiger partial charge on any atom is 0.410 e. The standard InChI is InChI=1S/C17H27N3O3S/c1-6-13-10-14(19-24-13)15(21)18-12-7-8-20(11(2)9-12)16(22)23-17(3,4)5/h10-12H,6-9H2,1-5H3,(H,18,21)/t11-,12-/m0/s1. The molecule has 0 aromatic carbocycles. The van der Waals surface area contributed by atoms with E-state index in [1.807, 2.05) is 40.7 Å². The van der Waals surface area contributed by atoms with Gasteiger partial charge < -0.3 is 15.0 Å². The zero-order valence-corrected chi connectivity index (χ0v) is 15.9. The van der Waals surface area contributed by atoms with E-state index in [1.165, 1.54) is 11.5 Å². The second-order valence-electron chi connectivity index (χ2n) is 7.25. The number of amides is 2. The van der Waals surface area contributed by atoms with Crippen molar-refractivity contribution in [1.82, 2.24) is 14.6 Å². The van der Waals surface area contributed by atoms with Crippen LogP contribution in [0.1, 0.15) is 62.8 Å². The van der Waals surface area contributed by atoms with E-state index in [-0.39, 0.29) is 24.1 Å². The van der Waals surface area contributed by atoms with Crippen molar-refractivity contribution in [1.29, 1.82) is 0 Å². The Morgan fingerprint density at radius 3 is 2.71 bits per heavy atom. The summed E-state index contributed by atoms with van der Waals surface area (Å²) in [6, 6.07) is 1.93. The second kappa shape index (κ2) is 7.51. The molecule has 0 aliphatic carbocycles. The van der Waals surface area contributed by atoms with Gasteiger partial charge in [0.1, 0.15) is 11.3 Å². The Hall–Kier alpha value is -1.63. The van der Waals surface area contributed by atoms with Gasteiger partial charge >= 0.3 is 6.09 Å². The molecule has 1 N–H and O–H groups in total. The lowest BCUT2D eigenvalue weighted by atomic mass is 9.98. The zero-order valence-electron chi connectivity index (χ0n) is 15.1. The summed E-state index contributed by atoms with van der Waals surface area (Å²) in [6.07, 6.45) is 2.04. The van der Waals surface area contributed by atoms with Gasteiger partial charge in [0.2, 0.25) is 0 Å². The lowest BCUT2D eigenvalue weighted by Gasteiger charge is -2.38. The van der Waals surface area contributed by atoms with Crippen LogP contribution in [0, 0.1) is 0 Å². The number of carbonyl (C=O) groups excluding carboxylic acids is 2. The number of nitrogens with zero attached hydrogens (tertiary/aromatic N) is 2. The maximum absolute atomic E-state index is 12.3. The fraction of sp³-hybridized carbons (Fsp3) is 0.706. The number of ether oxygens (including phenoxy) is 1. The largest absolute Gasteiger partial charge is 0.444 e. The molecule has 2 atom stereocenters. The third-order valence-electron chi connectivity index (χ3n) is 3.98. The summed E-state index contributed by atoms with van der Waals surface area (Å²) in [7, 11) is 0. The van der Waals surface area contributed by atoms with E-state index in [0.29, 0.717) is 12.2 Å². The number of aryl methyl sites for hydroxylation is 1. The average molecular weight is 353 g/mol. The van der Waals surface area contributed by atoms with Crippen LogP contribution in [0.5, 0.6) is 0 Å². The van der Waals surface area contributed by atoms with Crippen LogP contribution in [0.4, 0.5) is 4.79 Å². The van der Waals surface area contributed by atoms with Gasteiger partial charge in [-0.2, -0.15) is 4.37 Å². The Morgan fingerprint density at radius 2 is 2.17 bits per heavy atom. The minimum atomic E-state index is -0.497. The van der Waals surface area contributed by atoms with E-state index in [1.54, 1.807) is 4.90 Å². The van der Waals surface area contributed by atoms with Crippen LogP contribution in [0.15, 0.2) is 6.07 Å². The molecule has 2 amide bonds. The van der Waals surface area contributed by atoms with Crippen LogP contribution in [0.2, 0.25) is 0 Å². The van der Waals surface area contributed by atoms with E-state index in [2.05, 4.69) is 9.69 Å². The molecule has 1 aliphatic heterocycles. The number of likely N-dealkylation sites (tertiary alicyclic amines) is 1. The molecule has 0 saturated carbocycles. The number of piperidine rings is 1. The van der Waals surface area contributed by atoms with Crippen LogP contribution < -0.4 is 5.32 Å². The number of nitrogens with one attached hydrogen (secondary N) is 1. The van der Waals surface area contributed by atoms with Crippen LogP contribution in [0.3, 0.4) is 0 Å². The number of aromatic nitrogens is 1. The molecule has 0 spiro atoms. The predicted molar refractivity (Wildman–Crippen MR) is 94.4 cm³/mol. The van der Waals surface area contributed by atoms with Gasteiger partial charge in [-0.15, -0.1) is 0 Å². The van der Waals surface area contributed by atoms with Gasteiger partial charge in [0.25, 0.3) is 5.91 Å². The predicted octanol–water partition coefficient (Wildman–Crippen LogP) is 3.22. The molecule has 7 heteroatoms. The molecule has 1 saturated heterocycles. The van der Waals surface area contributed by atoms with Crippen molar-refractivity contribution in [2.75, 3.05) is 6.54 Å². The summed E-state index contributed by atoms with van der Waals surface area (Å²) in [5.41, 5.74) is -0.0113. The van der Waals surface area contributed by atoms with Crippen molar-refractivity contribution in [3.05, 3.63) is 16.6 Å². The van der Waals surface area contributed by atoms with Gasteiger partial charge in [-0.05, 0) is 64.6 Å². The van der Waals surface area contributed by atoms with Crippen LogP contribution in [-0.4, -0.2) is 45.5 Å². The monoisotopic (exact) mass is 353 g/mol. The summed E-state index contributed by atoms with van der Waals surface area (Å²) in [5.74, 6) is -0.131. The van der Waals surface area contributed by atoms with Crippen LogP contribution in [0.25, 0.3) is 0 Å². The first kappa shape index (κ1) is 18.7. The third kappa shape index (κ3) is 4.93. The SMILES string of the molecule is CCc1cc(C(=O)N[C@H]2CCN(C(=O)OC(C)(C)C)[C@@H](C)C2)ns1. The highest BCUT2D eigenvalue weighted by atomic mass is 32.1. The highest BCUT2D eigenvalue weighted by Gasteiger charge is 2.32. The number of hydrogen-bond donors (Lipinski definition) is 1. The van der Waals surface area contributed by atoms with Gasteiger partial charge in [-0.25, -0.2) is 4.79 Å². The van der Waals surface area contributed by atoms with E-state index in [9.17, 15) is 9.59 Å². The molecule has 2 heterocycles. The average Bonchev–Trinajstić information content (AvgIpc) is 2.94. The minimum absolute atomic E-state index is 0.0283. The first-order chi connectivity index (χ1) is 11.2. The van der Waals surface area contributed by atoms with Crippen molar-refractivity contribution in [3.63, 3.8) is 0 Å². The molecule has 134 valence electrons. The number of rotatable bonds is 3. The number of hydrogen-bond acceptors (Lipinski definition) is 5. The highest BCUT2D eigenvalue weighted by molar-refractivity contribution is 7.05. The molecule has 0 bridgehead atoms. The normalized spacial score (nSPS) is 21.5. The summed E-state index contributed by atoms with van der Waals surface area (Å²) in [5, 5.41) is 3.04. The lowest BCUT2D eigenvalue weighted by Crippen LogP contribution is -2.52. The molecule has 2 rings (SSSR count). The summed E-state index contributed by atoms with van der Waals surface area (Å²) >= 11 is 1.37. The highest BCUT2D eigenvalue weighted by Crippen LogP contribution is 2.21. The lowest BCUT2D eigenvalue weighted by molar-refractivity contribution is 0.00960. The van der Waals surface area contributed by atoms with Crippen molar-refractivity contribution in [2.45, 2.75) is 71.6 Å². The summed E-state index contributed by atoms with van der Waals surface area (Å²) < 4.78 is 9.64. The molecule has 1 aliphatic rings.